The van der Waals surface area contributed by atoms with Gasteiger partial charge in [0, 0.05) is 6.04 Å². The number of hydrogen-bond donors (Lipinski definition) is 2. The van der Waals surface area contributed by atoms with E-state index in [4.69, 9.17) is 11.1 Å². The minimum absolute atomic E-state index is 0.453. The molecular weight excluding hydrogens is 140 g/mol. The summed E-state index contributed by atoms with van der Waals surface area (Å²) in [5, 5.41) is 6.67. The van der Waals surface area contributed by atoms with Crippen molar-refractivity contribution in [1.29, 1.82) is 5.41 Å². The maximum absolute atomic E-state index is 6.67. The molecule has 3 N–H and O–H groups in total. The number of aliphatic imine (C=N–C) groups is 1. The molecule has 0 bridgehead atoms. The lowest BCUT2D eigenvalue weighted by molar-refractivity contribution is 0.311. The summed E-state index contributed by atoms with van der Waals surface area (Å²) < 4.78 is 0. The van der Waals surface area contributed by atoms with Gasteiger partial charge < -0.3 is 5.73 Å². The van der Waals surface area contributed by atoms with Crippen LogP contribution in [0.2, 0.25) is 0 Å². The first-order valence-corrected chi connectivity index (χ1v) is 3.59. The quantitative estimate of drug-likeness (QED) is 0.454. The normalized spacial score (nSPS) is 12.6. The van der Waals surface area contributed by atoms with Crippen molar-refractivity contribution in [3.8, 4) is 0 Å². The van der Waals surface area contributed by atoms with E-state index in [1.54, 1.807) is 0 Å². The van der Waals surface area contributed by atoms with E-state index in [9.17, 15) is 0 Å². The average Bonchev–Trinajstić information content (AvgIpc) is 1.87. The van der Waals surface area contributed by atoms with Gasteiger partial charge in [-0.2, -0.15) is 0 Å². The number of nitrogens with one attached hydrogen (secondary N) is 1. The lowest BCUT2D eigenvalue weighted by Gasteiger charge is -2.19. The van der Waals surface area contributed by atoms with E-state index in [2.05, 4.69) is 23.7 Å². The molecule has 0 fully saturated rings. The summed E-state index contributed by atoms with van der Waals surface area (Å²) in [5.74, 6) is 0.483. The molecule has 0 atom stereocenters. The molecule has 0 aromatic carbocycles. The number of nitrogens with two attached hydrogens (primary N) is 1. The molecule has 0 aromatic heterocycles. The molecule has 0 aliphatic carbocycles. The topological polar surface area (TPSA) is 65.5 Å². The zero-order valence-corrected chi connectivity index (χ0v) is 7.33. The zero-order valence-electron chi connectivity index (χ0n) is 7.33. The predicted octanol–water partition coefficient (Wildman–Crippen LogP) is 0.291. The van der Waals surface area contributed by atoms with Gasteiger partial charge in [-0.3, -0.25) is 10.3 Å². The van der Waals surface area contributed by atoms with Crippen molar-refractivity contribution in [3.63, 3.8) is 0 Å². The Morgan fingerprint density at radius 3 is 2.64 bits per heavy atom. The molecule has 0 rings (SSSR count). The molecule has 11 heavy (non-hydrogen) atoms. The molecule has 0 unspecified atom stereocenters. The minimum Gasteiger partial charge on any atom is -0.386 e. The van der Waals surface area contributed by atoms with Crippen LogP contribution in [0.25, 0.3) is 0 Å². The predicted molar refractivity (Wildman–Crippen MR) is 48.2 cm³/mol. The van der Waals surface area contributed by atoms with Gasteiger partial charge in [-0.05, 0) is 20.9 Å². The van der Waals surface area contributed by atoms with Crippen molar-refractivity contribution in [2.45, 2.75) is 19.9 Å². The highest BCUT2D eigenvalue weighted by Crippen LogP contribution is 1.91. The van der Waals surface area contributed by atoms with E-state index in [1.807, 2.05) is 7.05 Å². The van der Waals surface area contributed by atoms with Crippen LogP contribution in [0.3, 0.4) is 0 Å². The number of likely N-dealkylation sites (N-methyl/N-ethyl adjacent to an activating group) is 1. The number of rotatable bonds is 4. The molecule has 0 spiro atoms. The largest absolute Gasteiger partial charge is 0.386 e. The fourth-order valence-corrected chi connectivity index (χ4v) is 0.562. The minimum atomic E-state index is 0.453. The number of amidine groups is 1. The maximum Gasteiger partial charge on any atom is 0.115 e. The highest BCUT2D eigenvalue weighted by atomic mass is 15.1. The summed E-state index contributed by atoms with van der Waals surface area (Å²) in [6.07, 6.45) is 0.962. The Labute approximate surface area is 67.6 Å². The first kappa shape index (κ1) is 10.1. The number of hydrogen-bond acceptors (Lipinski definition) is 2. The Morgan fingerprint density at radius 2 is 2.27 bits per heavy atom. The van der Waals surface area contributed by atoms with E-state index >= 15 is 0 Å². The summed E-state index contributed by atoms with van der Waals surface area (Å²) in [7, 11) is 1.97. The van der Waals surface area contributed by atoms with Gasteiger partial charge >= 0.3 is 0 Å². The third-order valence-electron chi connectivity index (χ3n) is 1.52. The summed E-state index contributed by atoms with van der Waals surface area (Å²) in [6, 6.07) is 0.453. The van der Waals surface area contributed by atoms with Gasteiger partial charge in [-0.1, -0.05) is 0 Å². The van der Waals surface area contributed by atoms with Gasteiger partial charge in [-0.25, -0.2) is 4.99 Å². The van der Waals surface area contributed by atoms with Gasteiger partial charge in [0.25, 0.3) is 0 Å². The van der Waals surface area contributed by atoms with Gasteiger partial charge in [0.15, 0.2) is 0 Å². The van der Waals surface area contributed by atoms with Crippen molar-refractivity contribution in [2.24, 2.45) is 10.7 Å². The van der Waals surface area contributed by atoms with Crippen LogP contribution in [-0.4, -0.2) is 36.7 Å². The van der Waals surface area contributed by atoms with Crippen LogP contribution < -0.4 is 5.73 Å². The van der Waals surface area contributed by atoms with Gasteiger partial charge in [0.2, 0.25) is 0 Å². The first-order valence-electron chi connectivity index (χ1n) is 3.59. The highest BCUT2D eigenvalue weighted by Gasteiger charge is 2.03. The summed E-state index contributed by atoms with van der Waals surface area (Å²) in [6.45, 7) is 4.78. The monoisotopic (exact) mass is 156 g/mol. The molecule has 0 aliphatic heterocycles. The second-order valence-electron chi connectivity index (χ2n) is 2.76. The lowest BCUT2D eigenvalue weighted by Crippen LogP contribution is -2.35. The van der Waals surface area contributed by atoms with Crippen LogP contribution in [0.4, 0.5) is 0 Å². The van der Waals surface area contributed by atoms with Crippen LogP contribution in [0.5, 0.6) is 0 Å². The molecule has 64 valence electrons. The molecule has 4 nitrogen and oxygen atoms in total. The van der Waals surface area contributed by atoms with Crippen molar-refractivity contribution < 1.29 is 0 Å². The Morgan fingerprint density at radius 1 is 1.73 bits per heavy atom. The molecule has 0 heterocycles. The third-order valence-corrected chi connectivity index (χ3v) is 1.52. The van der Waals surface area contributed by atoms with E-state index in [0.29, 0.717) is 18.4 Å². The Kier molecular flexibility index (Phi) is 4.45. The molecule has 0 saturated carbocycles. The van der Waals surface area contributed by atoms with E-state index in [1.165, 1.54) is 0 Å². The van der Waals surface area contributed by atoms with Gasteiger partial charge in [0.1, 0.15) is 12.2 Å². The second-order valence-corrected chi connectivity index (χ2v) is 2.76. The Hall–Kier alpha value is -0.900. The molecule has 0 aliphatic rings. The SMILES string of the molecule is CC(C)N(C)CC(N)=NC=N. The van der Waals surface area contributed by atoms with Crippen molar-refractivity contribution in [1.82, 2.24) is 4.90 Å². The maximum atomic E-state index is 6.67. The zero-order chi connectivity index (χ0) is 8.85. The van der Waals surface area contributed by atoms with Crippen molar-refractivity contribution >= 4 is 12.2 Å². The molecule has 0 amide bonds. The third kappa shape index (κ3) is 4.50. The van der Waals surface area contributed by atoms with E-state index < -0.39 is 0 Å². The standard InChI is InChI=1S/C7H16N4/c1-6(2)11(3)4-7(9)10-5-8/h5-6H,4H2,1-3H3,(H3,8,9,10). The van der Waals surface area contributed by atoms with E-state index in [0.717, 1.165) is 6.34 Å². The average molecular weight is 156 g/mol. The molecule has 0 aromatic rings. The van der Waals surface area contributed by atoms with Crippen molar-refractivity contribution in [3.05, 3.63) is 0 Å². The molecule has 4 heteroatoms. The lowest BCUT2D eigenvalue weighted by atomic mass is 10.3. The van der Waals surface area contributed by atoms with Gasteiger partial charge in [0.05, 0.1) is 6.54 Å². The summed E-state index contributed by atoms with van der Waals surface area (Å²) in [4.78, 5) is 5.70. The molecular formula is C7H16N4. The highest BCUT2D eigenvalue weighted by molar-refractivity contribution is 5.88. The number of nitrogens with zero attached hydrogens (tertiary/aromatic N) is 2. The van der Waals surface area contributed by atoms with Crippen LogP contribution >= 0.6 is 0 Å². The smallest absolute Gasteiger partial charge is 0.115 e. The first-order chi connectivity index (χ1) is 5.07. The summed E-state index contributed by atoms with van der Waals surface area (Å²) >= 11 is 0. The van der Waals surface area contributed by atoms with Crippen LogP contribution in [0.1, 0.15) is 13.8 Å². The molecule has 0 radical (unpaired) electrons. The summed E-state index contributed by atoms with van der Waals surface area (Å²) in [5.41, 5.74) is 5.48. The van der Waals surface area contributed by atoms with Crippen LogP contribution in [0.15, 0.2) is 4.99 Å². The van der Waals surface area contributed by atoms with Gasteiger partial charge in [-0.15, -0.1) is 0 Å². The second kappa shape index (κ2) is 4.85. The molecule has 0 saturated heterocycles. The van der Waals surface area contributed by atoms with E-state index in [-0.39, 0.29) is 0 Å². The van der Waals surface area contributed by atoms with Crippen molar-refractivity contribution in [2.75, 3.05) is 13.6 Å². The Balaban J connectivity index is 3.84. The van der Waals surface area contributed by atoms with Crippen LogP contribution in [-0.2, 0) is 0 Å². The fraction of sp³-hybridized carbons (Fsp3) is 0.714. The Bertz CT molecular complexity index is 151. The van der Waals surface area contributed by atoms with Crippen LogP contribution in [0, 0.1) is 5.41 Å². The fourth-order valence-electron chi connectivity index (χ4n) is 0.562.